The van der Waals surface area contributed by atoms with Gasteiger partial charge < -0.3 is 20.9 Å². The summed E-state index contributed by atoms with van der Waals surface area (Å²) < 4.78 is 6.65. The maximum absolute atomic E-state index is 12.4. The second-order valence-electron chi connectivity index (χ2n) is 5.38. The number of carbonyl (C=O) groups excluding carboxylic acids is 1. The van der Waals surface area contributed by atoms with Crippen molar-refractivity contribution in [1.29, 1.82) is 5.41 Å². The van der Waals surface area contributed by atoms with Crippen LogP contribution in [0.1, 0.15) is 16.1 Å². The molecule has 5 N–H and O–H groups in total. The summed E-state index contributed by atoms with van der Waals surface area (Å²) in [5, 5.41) is 22.8. The minimum Gasteiger partial charge on any atom is -0.481 e. The number of anilines is 1. The molecule has 2 heterocycles. The normalized spacial score (nSPS) is 10.6. The van der Waals surface area contributed by atoms with E-state index in [1.165, 1.54) is 41.2 Å². The van der Waals surface area contributed by atoms with Gasteiger partial charge in [-0.25, -0.2) is 14.3 Å². The fourth-order valence-electron chi connectivity index (χ4n) is 2.35. The number of nitrogens with zero attached hydrogens (tertiary/aromatic N) is 3. The Morgan fingerprint density at radius 2 is 2.11 bits per heavy atom. The molecular weight excluding hydrogens is 376 g/mol. The molecule has 0 saturated carbocycles. The van der Waals surface area contributed by atoms with Gasteiger partial charge in [-0.15, -0.1) is 0 Å². The number of benzene rings is 1. The lowest BCUT2D eigenvalue weighted by atomic mass is 10.2. The van der Waals surface area contributed by atoms with E-state index in [0.29, 0.717) is 11.4 Å². The molecule has 0 bridgehead atoms. The molecule has 0 saturated heterocycles. The van der Waals surface area contributed by atoms with Crippen LogP contribution in [0.2, 0.25) is 5.02 Å². The van der Waals surface area contributed by atoms with Crippen molar-refractivity contribution < 1.29 is 19.4 Å². The average Bonchev–Trinajstić information content (AvgIpc) is 3.08. The van der Waals surface area contributed by atoms with E-state index in [4.69, 9.17) is 32.6 Å². The van der Waals surface area contributed by atoms with Gasteiger partial charge in [0, 0.05) is 0 Å². The van der Waals surface area contributed by atoms with Gasteiger partial charge in [0.15, 0.2) is 17.4 Å². The number of carboxylic acid groups (broad SMARTS) is 1. The molecule has 10 nitrogen and oxygen atoms in total. The van der Waals surface area contributed by atoms with Crippen LogP contribution >= 0.6 is 11.6 Å². The second-order valence-corrected chi connectivity index (χ2v) is 5.78. The van der Waals surface area contributed by atoms with Crippen molar-refractivity contribution in [3.05, 3.63) is 52.9 Å². The molecule has 0 spiro atoms. The summed E-state index contributed by atoms with van der Waals surface area (Å²) in [6, 6.07) is 7.26. The standard InChI is InChI=1S/C16H13ClN6O4/c17-10-5-8(1-3-11(10)22-16(18)19)15(26)27-12-4-2-9(6-13(24)25)23-14(12)20-7-21-23/h1-5,7H,6H2,(H,24,25)(H4,18,19,22). The number of halogens is 1. The van der Waals surface area contributed by atoms with Gasteiger partial charge in [0.05, 0.1) is 28.4 Å². The molecule has 0 aliphatic carbocycles. The van der Waals surface area contributed by atoms with Crippen molar-refractivity contribution >= 4 is 40.8 Å². The molecule has 0 fully saturated rings. The fourth-order valence-corrected chi connectivity index (χ4v) is 2.58. The van der Waals surface area contributed by atoms with E-state index in [9.17, 15) is 9.59 Å². The number of carboxylic acids is 1. The molecule has 0 aliphatic rings. The number of hydrogen-bond donors (Lipinski definition) is 4. The van der Waals surface area contributed by atoms with E-state index >= 15 is 0 Å². The van der Waals surface area contributed by atoms with Crippen molar-refractivity contribution in [2.45, 2.75) is 6.42 Å². The Balaban J connectivity index is 1.86. The number of ether oxygens (including phenoxy) is 1. The molecule has 0 aliphatic heterocycles. The van der Waals surface area contributed by atoms with Crippen LogP contribution in [0.15, 0.2) is 36.7 Å². The van der Waals surface area contributed by atoms with Crippen molar-refractivity contribution in [3.8, 4) is 5.75 Å². The third-order valence-electron chi connectivity index (χ3n) is 3.48. The summed E-state index contributed by atoms with van der Waals surface area (Å²) in [4.78, 5) is 27.3. The van der Waals surface area contributed by atoms with Crippen LogP contribution in [-0.2, 0) is 11.2 Å². The Morgan fingerprint density at radius 1 is 1.33 bits per heavy atom. The molecule has 138 valence electrons. The van der Waals surface area contributed by atoms with Crippen molar-refractivity contribution in [1.82, 2.24) is 14.6 Å². The minimum atomic E-state index is -1.02. The van der Waals surface area contributed by atoms with Gasteiger partial charge in [0.2, 0.25) is 0 Å². The first kappa shape index (κ1) is 18.1. The number of aliphatic carboxylic acids is 1. The Labute approximate surface area is 157 Å². The molecule has 3 rings (SSSR count). The third-order valence-corrected chi connectivity index (χ3v) is 3.79. The van der Waals surface area contributed by atoms with E-state index in [1.807, 2.05) is 0 Å². The van der Waals surface area contributed by atoms with Crippen LogP contribution in [0.3, 0.4) is 0 Å². The summed E-state index contributed by atoms with van der Waals surface area (Å²) in [5.74, 6) is -1.89. The lowest BCUT2D eigenvalue weighted by Gasteiger charge is -2.10. The molecular formula is C16H13ClN6O4. The number of carbonyl (C=O) groups is 2. The van der Waals surface area contributed by atoms with E-state index in [-0.39, 0.29) is 34.4 Å². The molecule has 0 unspecified atom stereocenters. The van der Waals surface area contributed by atoms with E-state index < -0.39 is 11.9 Å². The highest BCUT2D eigenvalue weighted by Crippen LogP contribution is 2.25. The average molecular weight is 389 g/mol. The number of pyridine rings is 1. The van der Waals surface area contributed by atoms with Crippen LogP contribution in [0.5, 0.6) is 5.75 Å². The van der Waals surface area contributed by atoms with Crippen LogP contribution in [-0.4, -0.2) is 37.6 Å². The van der Waals surface area contributed by atoms with E-state index in [1.54, 1.807) is 0 Å². The van der Waals surface area contributed by atoms with E-state index in [2.05, 4.69) is 15.4 Å². The zero-order valence-corrected chi connectivity index (χ0v) is 14.4. The molecule has 3 aromatic rings. The second kappa shape index (κ2) is 7.30. The Bertz CT molecular complexity index is 1060. The molecule has 27 heavy (non-hydrogen) atoms. The van der Waals surface area contributed by atoms with Crippen molar-refractivity contribution in [2.24, 2.45) is 5.73 Å². The van der Waals surface area contributed by atoms with Crippen LogP contribution in [0, 0.1) is 5.41 Å². The molecule has 0 amide bonds. The molecule has 0 atom stereocenters. The smallest absolute Gasteiger partial charge is 0.343 e. The predicted molar refractivity (Wildman–Crippen MR) is 96.3 cm³/mol. The number of rotatable bonds is 5. The zero-order chi connectivity index (χ0) is 19.6. The predicted octanol–water partition coefficient (Wildman–Crippen LogP) is 1.53. The van der Waals surface area contributed by atoms with Gasteiger partial charge in [-0.1, -0.05) is 11.6 Å². The van der Waals surface area contributed by atoms with Gasteiger partial charge in [0.1, 0.15) is 6.33 Å². The topological polar surface area (TPSA) is 156 Å². The SMILES string of the molecule is N=C(N)Nc1ccc(C(=O)Oc2ccc(CC(=O)O)n3ncnc23)cc1Cl. The van der Waals surface area contributed by atoms with Crippen LogP contribution in [0.4, 0.5) is 5.69 Å². The van der Waals surface area contributed by atoms with E-state index in [0.717, 1.165) is 0 Å². The molecule has 1 aromatic carbocycles. The van der Waals surface area contributed by atoms with Gasteiger partial charge in [-0.3, -0.25) is 10.2 Å². The number of fused-ring (bicyclic) bond motifs is 1. The van der Waals surface area contributed by atoms with Gasteiger partial charge in [0.25, 0.3) is 0 Å². The maximum Gasteiger partial charge on any atom is 0.343 e. The largest absolute Gasteiger partial charge is 0.481 e. The monoisotopic (exact) mass is 388 g/mol. The number of esters is 1. The Hall–Kier alpha value is -3.66. The highest BCUT2D eigenvalue weighted by molar-refractivity contribution is 6.34. The van der Waals surface area contributed by atoms with Gasteiger partial charge in [-0.05, 0) is 30.3 Å². The number of aromatic nitrogens is 3. The lowest BCUT2D eigenvalue weighted by Crippen LogP contribution is -2.20. The molecule has 11 heteroatoms. The summed E-state index contributed by atoms with van der Waals surface area (Å²) in [6.45, 7) is 0. The first-order valence-electron chi connectivity index (χ1n) is 7.51. The highest BCUT2D eigenvalue weighted by Gasteiger charge is 2.16. The number of nitrogens with two attached hydrogens (primary N) is 1. The molecule has 2 aromatic heterocycles. The number of nitrogens with one attached hydrogen (secondary N) is 2. The quantitative estimate of drug-likeness (QED) is 0.291. The number of hydrogen-bond acceptors (Lipinski definition) is 6. The Kier molecular flexibility index (Phi) is 4.90. The minimum absolute atomic E-state index is 0.119. The summed E-state index contributed by atoms with van der Waals surface area (Å²) in [5.41, 5.74) is 6.39. The third kappa shape index (κ3) is 3.96. The summed E-state index contributed by atoms with van der Waals surface area (Å²) in [6.07, 6.45) is 0.978. The maximum atomic E-state index is 12.4. The van der Waals surface area contributed by atoms with Crippen molar-refractivity contribution in [2.75, 3.05) is 5.32 Å². The van der Waals surface area contributed by atoms with Crippen molar-refractivity contribution in [3.63, 3.8) is 0 Å². The highest BCUT2D eigenvalue weighted by atomic mass is 35.5. The van der Waals surface area contributed by atoms with Gasteiger partial charge >= 0.3 is 11.9 Å². The first-order chi connectivity index (χ1) is 12.8. The van der Waals surface area contributed by atoms with Crippen LogP contribution in [0.25, 0.3) is 5.65 Å². The first-order valence-corrected chi connectivity index (χ1v) is 7.89. The number of guanidine groups is 1. The lowest BCUT2D eigenvalue weighted by molar-refractivity contribution is -0.136. The summed E-state index contributed by atoms with van der Waals surface area (Å²) in [7, 11) is 0. The van der Waals surface area contributed by atoms with Gasteiger partial charge in [-0.2, -0.15) is 5.10 Å². The Morgan fingerprint density at radius 3 is 2.78 bits per heavy atom. The fraction of sp³-hybridized carbons (Fsp3) is 0.0625. The zero-order valence-electron chi connectivity index (χ0n) is 13.6. The molecule has 0 radical (unpaired) electrons. The van der Waals surface area contributed by atoms with Crippen LogP contribution < -0.4 is 15.8 Å². The summed E-state index contributed by atoms with van der Waals surface area (Å²) >= 11 is 6.06.